The van der Waals surface area contributed by atoms with Gasteiger partial charge in [0.2, 0.25) is 10.0 Å². The summed E-state index contributed by atoms with van der Waals surface area (Å²) in [5, 5.41) is 5.23. The Balaban J connectivity index is 0.00000529. The van der Waals surface area contributed by atoms with Crippen molar-refractivity contribution in [2.45, 2.75) is 45.1 Å². The fraction of sp³-hybridized carbons (Fsp3) is 0.562. The van der Waals surface area contributed by atoms with Gasteiger partial charge in [0.1, 0.15) is 0 Å². The molecular formula is C16H28ClN3O3S. The van der Waals surface area contributed by atoms with E-state index in [9.17, 15) is 13.2 Å². The van der Waals surface area contributed by atoms with Crippen LogP contribution in [0.2, 0.25) is 0 Å². The van der Waals surface area contributed by atoms with Gasteiger partial charge in [0.05, 0.1) is 4.90 Å². The Labute approximate surface area is 151 Å². The van der Waals surface area contributed by atoms with E-state index in [1.807, 2.05) is 13.8 Å². The van der Waals surface area contributed by atoms with Gasteiger partial charge in [-0.2, -0.15) is 0 Å². The molecule has 1 unspecified atom stereocenters. The molecule has 0 aliphatic rings. The highest BCUT2D eigenvalue weighted by atomic mass is 35.5. The summed E-state index contributed by atoms with van der Waals surface area (Å²) in [5.41, 5.74) is 7.59. The van der Waals surface area contributed by atoms with E-state index >= 15 is 0 Å². The van der Waals surface area contributed by atoms with Crippen LogP contribution in [0.15, 0.2) is 17.0 Å². The first kappa shape index (κ1) is 22.9. The molecule has 0 heterocycles. The van der Waals surface area contributed by atoms with E-state index in [0.29, 0.717) is 35.6 Å². The van der Waals surface area contributed by atoms with Crippen molar-refractivity contribution in [1.82, 2.24) is 4.90 Å². The zero-order valence-corrected chi connectivity index (χ0v) is 16.5. The molecule has 0 aromatic heterocycles. The average Bonchev–Trinajstić information content (AvgIpc) is 2.44. The van der Waals surface area contributed by atoms with Gasteiger partial charge in [0.15, 0.2) is 0 Å². The summed E-state index contributed by atoms with van der Waals surface area (Å²) in [6, 6.07) is 3.05. The number of amides is 1. The van der Waals surface area contributed by atoms with Gasteiger partial charge in [0, 0.05) is 25.2 Å². The van der Waals surface area contributed by atoms with Crippen LogP contribution in [0.4, 0.5) is 0 Å². The lowest BCUT2D eigenvalue weighted by molar-refractivity contribution is 0.0789. The van der Waals surface area contributed by atoms with Gasteiger partial charge in [0.25, 0.3) is 5.91 Å². The average molecular weight is 378 g/mol. The summed E-state index contributed by atoms with van der Waals surface area (Å²) < 4.78 is 23.4. The van der Waals surface area contributed by atoms with Crippen molar-refractivity contribution in [3.05, 3.63) is 28.8 Å². The minimum absolute atomic E-state index is 0. The summed E-state index contributed by atoms with van der Waals surface area (Å²) in [7, 11) is -2.18. The first-order chi connectivity index (χ1) is 10.4. The van der Waals surface area contributed by atoms with Crippen LogP contribution in [-0.4, -0.2) is 38.9 Å². The van der Waals surface area contributed by atoms with Crippen LogP contribution in [0.3, 0.4) is 0 Å². The lowest BCUT2D eigenvalue weighted by Gasteiger charge is -2.22. The van der Waals surface area contributed by atoms with Crippen molar-refractivity contribution in [2.24, 2.45) is 16.8 Å². The molecule has 24 heavy (non-hydrogen) atoms. The smallest absolute Gasteiger partial charge is 0.253 e. The van der Waals surface area contributed by atoms with Crippen molar-refractivity contribution in [2.75, 3.05) is 13.6 Å². The third-order valence-electron chi connectivity index (χ3n) is 4.17. The normalized spacial score (nSPS) is 12.7. The zero-order chi connectivity index (χ0) is 17.9. The van der Waals surface area contributed by atoms with Crippen LogP contribution in [0, 0.1) is 19.8 Å². The van der Waals surface area contributed by atoms with E-state index in [4.69, 9.17) is 10.9 Å². The number of primary sulfonamides is 1. The Morgan fingerprint density at radius 2 is 1.79 bits per heavy atom. The molecule has 0 bridgehead atoms. The molecule has 1 atom stereocenters. The largest absolute Gasteiger partial charge is 0.342 e. The molecule has 0 aliphatic carbocycles. The number of carbonyl (C=O) groups is 1. The predicted molar refractivity (Wildman–Crippen MR) is 98.9 cm³/mol. The molecule has 0 spiro atoms. The van der Waals surface area contributed by atoms with Crippen molar-refractivity contribution in [3.63, 3.8) is 0 Å². The molecule has 0 aliphatic heterocycles. The van der Waals surface area contributed by atoms with Gasteiger partial charge in [-0.25, -0.2) is 13.6 Å². The van der Waals surface area contributed by atoms with E-state index in [0.717, 1.165) is 0 Å². The Morgan fingerprint density at radius 1 is 1.25 bits per heavy atom. The molecule has 0 saturated carbocycles. The van der Waals surface area contributed by atoms with E-state index in [1.165, 1.54) is 6.07 Å². The Kier molecular flexibility index (Phi) is 8.38. The van der Waals surface area contributed by atoms with E-state index in [2.05, 4.69) is 0 Å². The minimum Gasteiger partial charge on any atom is -0.342 e. The lowest BCUT2D eigenvalue weighted by Crippen LogP contribution is -2.34. The number of rotatable bonds is 6. The highest BCUT2D eigenvalue weighted by Crippen LogP contribution is 2.21. The SMILES string of the molecule is Cc1cc(C(=O)N(C)CCC(N)C(C)C)cc(S(N)(=O)=O)c1C.Cl. The molecule has 1 aromatic carbocycles. The fourth-order valence-electron chi connectivity index (χ4n) is 2.24. The molecule has 0 fully saturated rings. The van der Waals surface area contributed by atoms with Crippen molar-refractivity contribution >= 4 is 28.3 Å². The number of hydrogen-bond acceptors (Lipinski definition) is 4. The summed E-state index contributed by atoms with van der Waals surface area (Å²) in [5.74, 6) is 0.100. The highest BCUT2D eigenvalue weighted by molar-refractivity contribution is 7.89. The lowest BCUT2D eigenvalue weighted by atomic mass is 10.0. The number of aryl methyl sites for hydroxylation is 1. The van der Waals surface area contributed by atoms with Gasteiger partial charge in [-0.15, -0.1) is 12.4 Å². The zero-order valence-electron chi connectivity index (χ0n) is 14.9. The number of sulfonamides is 1. The predicted octanol–water partition coefficient (Wildman–Crippen LogP) is 1.82. The van der Waals surface area contributed by atoms with Gasteiger partial charge in [-0.1, -0.05) is 13.8 Å². The third kappa shape index (κ3) is 5.73. The molecular weight excluding hydrogens is 350 g/mol. The molecule has 0 radical (unpaired) electrons. The molecule has 1 aromatic rings. The van der Waals surface area contributed by atoms with Gasteiger partial charge >= 0.3 is 0 Å². The van der Waals surface area contributed by atoms with Gasteiger partial charge in [-0.05, 0) is 49.4 Å². The molecule has 4 N–H and O–H groups in total. The second-order valence-corrected chi connectivity index (χ2v) is 7.91. The third-order valence-corrected chi connectivity index (χ3v) is 5.21. The fourth-order valence-corrected chi connectivity index (χ4v) is 3.12. The summed E-state index contributed by atoms with van der Waals surface area (Å²) in [6.07, 6.45) is 0.687. The first-order valence-electron chi connectivity index (χ1n) is 7.60. The Morgan fingerprint density at radius 3 is 2.25 bits per heavy atom. The topological polar surface area (TPSA) is 106 Å². The van der Waals surface area contributed by atoms with Crippen molar-refractivity contribution in [3.8, 4) is 0 Å². The molecule has 8 heteroatoms. The van der Waals surface area contributed by atoms with E-state index < -0.39 is 10.0 Å². The van der Waals surface area contributed by atoms with Crippen LogP contribution < -0.4 is 10.9 Å². The number of nitrogens with zero attached hydrogens (tertiary/aromatic N) is 1. The Hall–Kier alpha value is -1.15. The number of nitrogens with two attached hydrogens (primary N) is 2. The number of halogens is 1. The van der Waals surface area contributed by atoms with Crippen LogP contribution >= 0.6 is 12.4 Å². The summed E-state index contributed by atoms with van der Waals surface area (Å²) in [4.78, 5) is 14.1. The summed E-state index contributed by atoms with van der Waals surface area (Å²) in [6.45, 7) is 8.02. The standard InChI is InChI=1S/C16H27N3O3S.ClH/c1-10(2)14(17)6-7-19(5)16(20)13-8-11(3)12(4)15(9-13)23(18,21)22;/h8-10,14H,6-7,17H2,1-5H3,(H2,18,21,22);1H. The second kappa shape index (κ2) is 8.80. The maximum atomic E-state index is 12.5. The van der Waals surface area contributed by atoms with Crippen LogP contribution in [0.1, 0.15) is 41.8 Å². The first-order valence-corrected chi connectivity index (χ1v) is 9.14. The molecule has 0 saturated heterocycles. The number of hydrogen-bond donors (Lipinski definition) is 2. The molecule has 1 rings (SSSR count). The highest BCUT2D eigenvalue weighted by Gasteiger charge is 2.20. The molecule has 1 amide bonds. The minimum atomic E-state index is -3.87. The van der Waals surface area contributed by atoms with Crippen LogP contribution in [0.25, 0.3) is 0 Å². The van der Waals surface area contributed by atoms with Gasteiger partial charge < -0.3 is 10.6 Å². The number of carbonyl (C=O) groups excluding carboxylic acids is 1. The molecule has 138 valence electrons. The second-order valence-electron chi connectivity index (χ2n) is 6.38. The van der Waals surface area contributed by atoms with Crippen LogP contribution in [0.5, 0.6) is 0 Å². The van der Waals surface area contributed by atoms with E-state index in [-0.39, 0.29) is 29.3 Å². The maximum Gasteiger partial charge on any atom is 0.253 e. The van der Waals surface area contributed by atoms with Crippen LogP contribution in [-0.2, 0) is 10.0 Å². The summed E-state index contributed by atoms with van der Waals surface area (Å²) >= 11 is 0. The van der Waals surface area contributed by atoms with E-state index in [1.54, 1.807) is 31.9 Å². The maximum absolute atomic E-state index is 12.5. The van der Waals surface area contributed by atoms with Crippen molar-refractivity contribution < 1.29 is 13.2 Å². The molecule has 6 nitrogen and oxygen atoms in total. The number of benzene rings is 1. The monoisotopic (exact) mass is 377 g/mol. The Bertz CT molecular complexity index is 690. The van der Waals surface area contributed by atoms with Gasteiger partial charge in [-0.3, -0.25) is 4.79 Å². The van der Waals surface area contributed by atoms with Crippen molar-refractivity contribution in [1.29, 1.82) is 0 Å². The quantitative estimate of drug-likeness (QED) is 0.788.